The molecule has 4 nitrogen and oxygen atoms in total. The number of hydrogen-bond acceptors (Lipinski definition) is 4. The minimum Gasteiger partial charge on any atom is -0.315 e. The van der Waals surface area contributed by atoms with Crippen molar-refractivity contribution in [2.45, 2.75) is 13.3 Å². The molecule has 0 saturated carbocycles. The highest BCUT2D eigenvalue weighted by Gasteiger charge is 2.01. The van der Waals surface area contributed by atoms with Crippen LogP contribution < -0.4 is 21.5 Å². The molecule has 1 aliphatic rings. The van der Waals surface area contributed by atoms with Crippen LogP contribution in [0.25, 0.3) is 0 Å². The van der Waals surface area contributed by atoms with E-state index in [0.717, 1.165) is 45.2 Å². The summed E-state index contributed by atoms with van der Waals surface area (Å²) in [5.74, 6) is 0.743. The Morgan fingerprint density at radius 2 is 1.54 bits per heavy atom. The first-order valence-electron chi connectivity index (χ1n) is 5.27. The molecule has 4 N–H and O–H groups in total. The maximum absolute atomic E-state index is 3.42. The lowest BCUT2D eigenvalue weighted by Gasteiger charge is -2.15. The topological polar surface area (TPSA) is 48.1 Å². The molecule has 0 aromatic rings. The average molecular weight is 186 g/mol. The highest BCUT2D eigenvalue weighted by molar-refractivity contribution is 4.60. The van der Waals surface area contributed by atoms with Crippen LogP contribution >= 0.6 is 0 Å². The van der Waals surface area contributed by atoms with Gasteiger partial charge in [-0.05, 0) is 18.9 Å². The van der Waals surface area contributed by atoms with E-state index < -0.39 is 0 Å². The van der Waals surface area contributed by atoms with Gasteiger partial charge in [0.15, 0.2) is 0 Å². The van der Waals surface area contributed by atoms with Crippen LogP contribution in [-0.4, -0.2) is 39.3 Å². The summed E-state index contributed by atoms with van der Waals surface area (Å²) in [6, 6.07) is 0. The zero-order valence-corrected chi connectivity index (χ0v) is 8.53. The third-order valence-electron chi connectivity index (χ3n) is 2.29. The number of nitrogens with one attached hydrogen (secondary N) is 4. The van der Waals surface area contributed by atoms with Gasteiger partial charge in [0.25, 0.3) is 0 Å². The summed E-state index contributed by atoms with van der Waals surface area (Å²) in [5, 5.41) is 6.77. The molecule has 0 spiro atoms. The van der Waals surface area contributed by atoms with Gasteiger partial charge in [0.2, 0.25) is 0 Å². The number of rotatable bonds is 0. The largest absolute Gasteiger partial charge is 0.315 e. The van der Waals surface area contributed by atoms with Gasteiger partial charge in [-0.25, -0.2) is 0 Å². The Hall–Kier alpha value is -0.160. The van der Waals surface area contributed by atoms with E-state index >= 15 is 0 Å². The number of hydrogen-bond donors (Lipinski definition) is 4. The first-order chi connectivity index (χ1) is 6.39. The van der Waals surface area contributed by atoms with Gasteiger partial charge < -0.3 is 10.6 Å². The van der Waals surface area contributed by atoms with E-state index in [-0.39, 0.29) is 0 Å². The van der Waals surface area contributed by atoms with Crippen LogP contribution in [0.1, 0.15) is 13.3 Å². The van der Waals surface area contributed by atoms with Gasteiger partial charge in [-0.15, -0.1) is 0 Å². The van der Waals surface area contributed by atoms with Crippen molar-refractivity contribution in [1.29, 1.82) is 0 Å². The molecule has 1 rings (SSSR count). The van der Waals surface area contributed by atoms with E-state index in [1.807, 2.05) is 0 Å². The Bertz CT molecular complexity index is 106. The van der Waals surface area contributed by atoms with Crippen LogP contribution in [0.3, 0.4) is 0 Å². The normalized spacial score (nSPS) is 28.8. The van der Waals surface area contributed by atoms with Gasteiger partial charge in [0, 0.05) is 32.7 Å². The van der Waals surface area contributed by atoms with Crippen LogP contribution in [0.5, 0.6) is 0 Å². The fourth-order valence-corrected chi connectivity index (χ4v) is 1.36. The van der Waals surface area contributed by atoms with Gasteiger partial charge in [-0.2, -0.15) is 0 Å². The first-order valence-corrected chi connectivity index (χ1v) is 5.27. The summed E-state index contributed by atoms with van der Waals surface area (Å²) >= 11 is 0. The third kappa shape index (κ3) is 5.99. The fourth-order valence-electron chi connectivity index (χ4n) is 1.36. The second-order valence-electron chi connectivity index (χ2n) is 3.70. The predicted molar refractivity (Wildman–Crippen MR) is 55.5 cm³/mol. The second kappa shape index (κ2) is 7.26. The van der Waals surface area contributed by atoms with Crippen LogP contribution in [0, 0.1) is 5.92 Å². The summed E-state index contributed by atoms with van der Waals surface area (Å²) in [6.45, 7) is 8.64. The molecule has 1 saturated heterocycles. The molecule has 1 atom stereocenters. The van der Waals surface area contributed by atoms with Gasteiger partial charge in [0.05, 0.1) is 0 Å². The third-order valence-corrected chi connectivity index (χ3v) is 2.29. The van der Waals surface area contributed by atoms with Crippen LogP contribution in [-0.2, 0) is 0 Å². The maximum atomic E-state index is 3.42. The van der Waals surface area contributed by atoms with E-state index in [1.165, 1.54) is 6.42 Å². The lowest BCUT2D eigenvalue weighted by molar-refractivity contribution is 0.409. The zero-order valence-electron chi connectivity index (χ0n) is 8.53. The highest BCUT2D eigenvalue weighted by Crippen LogP contribution is 1.97. The first kappa shape index (κ1) is 10.9. The van der Waals surface area contributed by atoms with Crippen LogP contribution in [0.15, 0.2) is 0 Å². The maximum Gasteiger partial charge on any atom is 0.0225 e. The SMILES string of the molecule is CC1CCNCCNCCNNC1. The quantitative estimate of drug-likeness (QED) is 0.404. The number of hydrazine groups is 1. The molecule has 1 fully saturated rings. The van der Waals surface area contributed by atoms with Gasteiger partial charge in [0.1, 0.15) is 0 Å². The molecule has 1 unspecified atom stereocenters. The Morgan fingerprint density at radius 1 is 0.846 bits per heavy atom. The molecular formula is C9H22N4. The highest BCUT2D eigenvalue weighted by atomic mass is 15.4. The van der Waals surface area contributed by atoms with Crippen molar-refractivity contribution in [2.75, 3.05) is 39.3 Å². The van der Waals surface area contributed by atoms with Crippen molar-refractivity contribution in [3.05, 3.63) is 0 Å². The van der Waals surface area contributed by atoms with Crippen LogP contribution in [0.4, 0.5) is 0 Å². The molecule has 0 bridgehead atoms. The lowest BCUT2D eigenvalue weighted by atomic mass is 10.1. The smallest absolute Gasteiger partial charge is 0.0225 e. The average Bonchev–Trinajstić information content (AvgIpc) is 2.11. The fraction of sp³-hybridized carbons (Fsp3) is 1.00. The summed E-state index contributed by atoms with van der Waals surface area (Å²) in [7, 11) is 0. The monoisotopic (exact) mass is 186 g/mol. The molecule has 0 amide bonds. The minimum absolute atomic E-state index is 0.743. The van der Waals surface area contributed by atoms with Crippen molar-refractivity contribution < 1.29 is 0 Å². The summed E-state index contributed by atoms with van der Waals surface area (Å²) < 4.78 is 0. The van der Waals surface area contributed by atoms with E-state index in [4.69, 9.17) is 0 Å². The van der Waals surface area contributed by atoms with Gasteiger partial charge in [-0.1, -0.05) is 6.92 Å². The van der Waals surface area contributed by atoms with Gasteiger partial charge in [-0.3, -0.25) is 10.9 Å². The molecule has 4 heteroatoms. The molecule has 0 radical (unpaired) electrons. The van der Waals surface area contributed by atoms with E-state index in [0.29, 0.717) is 0 Å². The van der Waals surface area contributed by atoms with Crippen molar-refractivity contribution in [1.82, 2.24) is 21.5 Å². The van der Waals surface area contributed by atoms with E-state index in [2.05, 4.69) is 28.4 Å². The molecule has 78 valence electrons. The molecule has 1 heterocycles. The standard InChI is InChI=1S/C9H22N4/c1-9-2-3-10-4-5-11-6-7-12-13-8-9/h9-13H,2-8H2,1H3. The summed E-state index contributed by atoms with van der Waals surface area (Å²) in [4.78, 5) is 0. The van der Waals surface area contributed by atoms with E-state index in [9.17, 15) is 0 Å². The Balaban J connectivity index is 2.11. The molecule has 0 aromatic heterocycles. The van der Waals surface area contributed by atoms with Gasteiger partial charge >= 0.3 is 0 Å². The van der Waals surface area contributed by atoms with Crippen molar-refractivity contribution in [3.8, 4) is 0 Å². The minimum atomic E-state index is 0.743. The summed E-state index contributed by atoms with van der Waals surface area (Å²) in [5.41, 5.74) is 6.44. The Labute approximate surface area is 80.8 Å². The molecule has 0 aliphatic carbocycles. The van der Waals surface area contributed by atoms with Crippen molar-refractivity contribution in [2.24, 2.45) is 5.92 Å². The van der Waals surface area contributed by atoms with E-state index in [1.54, 1.807) is 0 Å². The van der Waals surface area contributed by atoms with Crippen molar-refractivity contribution in [3.63, 3.8) is 0 Å². The zero-order chi connectivity index (χ0) is 9.36. The lowest BCUT2D eigenvalue weighted by Crippen LogP contribution is -2.42. The van der Waals surface area contributed by atoms with Crippen molar-refractivity contribution >= 4 is 0 Å². The molecular weight excluding hydrogens is 164 g/mol. The van der Waals surface area contributed by atoms with Crippen LogP contribution in [0.2, 0.25) is 0 Å². The molecule has 1 aliphatic heterocycles. The predicted octanol–water partition coefficient (Wildman–Crippen LogP) is -0.700. The molecule has 0 aromatic carbocycles. The molecule has 13 heavy (non-hydrogen) atoms. The Kier molecular flexibility index (Phi) is 6.10. The summed E-state index contributed by atoms with van der Waals surface area (Å²) in [6.07, 6.45) is 1.24. The Morgan fingerprint density at radius 3 is 2.38 bits per heavy atom. The second-order valence-corrected chi connectivity index (χ2v) is 3.70.